The molecule has 0 aliphatic rings. The third-order valence-corrected chi connectivity index (χ3v) is 2.91. The Kier molecular flexibility index (Phi) is 3.54. The molecule has 0 spiro atoms. The number of hydrogen-bond donors (Lipinski definition) is 1. The summed E-state index contributed by atoms with van der Waals surface area (Å²) in [6.45, 7) is 5.00. The van der Waals surface area contributed by atoms with Gasteiger partial charge in [-0.3, -0.25) is 4.68 Å². The lowest BCUT2D eigenvalue weighted by Crippen LogP contribution is -2.20. The summed E-state index contributed by atoms with van der Waals surface area (Å²) in [7, 11) is 1.90. The Balaban J connectivity index is 1.98. The lowest BCUT2D eigenvalue weighted by molar-refractivity contribution is 0.540. The summed E-state index contributed by atoms with van der Waals surface area (Å²) in [5.74, 6) is 0.949. The van der Waals surface area contributed by atoms with Crippen LogP contribution >= 0.6 is 0 Å². The Morgan fingerprint density at radius 1 is 1.41 bits per heavy atom. The van der Waals surface area contributed by atoms with Gasteiger partial charge >= 0.3 is 0 Å². The molecule has 17 heavy (non-hydrogen) atoms. The third kappa shape index (κ3) is 2.91. The smallest absolute Gasteiger partial charge is 0.140 e. The highest BCUT2D eigenvalue weighted by molar-refractivity contribution is 5.24. The van der Waals surface area contributed by atoms with Crippen molar-refractivity contribution < 1.29 is 0 Å². The minimum Gasteiger partial charge on any atom is -0.303 e. The molecule has 0 aliphatic heterocycles. The minimum absolute atomic E-state index is 0.312. The number of aromatic nitrogens is 3. The van der Waals surface area contributed by atoms with E-state index in [0.29, 0.717) is 6.04 Å². The molecule has 0 saturated heterocycles. The molecule has 0 radical (unpaired) electrons. The number of nitrogens with zero attached hydrogens (tertiary/aromatic N) is 3. The minimum atomic E-state index is 0.312. The number of hydrogen-bond acceptors (Lipinski definition) is 3. The number of aryl methyl sites for hydroxylation is 2. The van der Waals surface area contributed by atoms with Crippen LogP contribution in [0.25, 0.3) is 0 Å². The van der Waals surface area contributed by atoms with Gasteiger partial charge in [0.05, 0.1) is 6.54 Å². The first-order valence-corrected chi connectivity index (χ1v) is 5.79. The second-order valence-electron chi connectivity index (χ2n) is 4.32. The first kappa shape index (κ1) is 11.8. The lowest BCUT2D eigenvalue weighted by Gasteiger charge is -2.14. The van der Waals surface area contributed by atoms with Gasteiger partial charge in [0.1, 0.15) is 12.2 Å². The van der Waals surface area contributed by atoms with Crippen LogP contribution in [0.15, 0.2) is 30.6 Å². The highest BCUT2D eigenvalue weighted by Crippen LogP contribution is 2.13. The molecule has 1 aromatic carbocycles. The molecule has 4 nitrogen and oxygen atoms in total. The molecule has 0 unspecified atom stereocenters. The molecular formula is C13H18N4. The first-order chi connectivity index (χ1) is 8.16. The van der Waals surface area contributed by atoms with Gasteiger partial charge in [-0.1, -0.05) is 29.8 Å². The average Bonchev–Trinajstić information content (AvgIpc) is 2.72. The summed E-state index contributed by atoms with van der Waals surface area (Å²) in [4.78, 5) is 4.19. The topological polar surface area (TPSA) is 42.7 Å². The normalized spacial score (nSPS) is 12.6. The Bertz CT molecular complexity index is 490. The van der Waals surface area contributed by atoms with Gasteiger partial charge in [0.15, 0.2) is 0 Å². The van der Waals surface area contributed by atoms with Crippen LogP contribution in [0.3, 0.4) is 0 Å². The van der Waals surface area contributed by atoms with Crippen LogP contribution in [0, 0.1) is 6.92 Å². The van der Waals surface area contributed by atoms with E-state index in [1.807, 2.05) is 7.05 Å². The molecule has 1 heterocycles. The van der Waals surface area contributed by atoms with Crippen molar-refractivity contribution in [3.63, 3.8) is 0 Å². The van der Waals surface area contributed by atoms with Gasteiger partial charge in [0.2, 0.25) is 0 Å². The molecule has 2 rings (SSSR count). The van der Waals surface area contributed by atoms with Crippen LogP contribution in [0.5, 0.6) is 0 Å². The van der Waals surface area contributed by atoms with Crippen molar-refractivity contribution in [2.75, 3.05) is 0 Å². The van der Waals surface area contributed by atoms with E-state index in [2.05, 4.69) is 53.5 Å². The monoisotopic (exact) mass is 230 g/mol. The maximum atomic E-state index is 4.19. The van der Waals surface area contributed by atoms with E-state index >= 15 is 0 Å². The van der Waals surface area contributed by atoms with Crippen molar-refractivity contribution in [1.82, 2.24) is 20.1 Å². The van der Waals surface area contributed by atoms with Crippen LogP contribution in [-0.4, -0.2) is 14.8 Å². The SMILES string of the molecule is Cc1cccc([C@H](C)NCc2ncnn2C)c1. The number of benzene rings is 1. The summed E-state index contributed by atoms with van der Waals surface area (Å²) in [5.41, 5.74) is 2.59. The fraction of sp³-hybridized carbons (Fsp3) is 0.385. The molecule has 1 N–H and O–H groups in total. The predicted molar refractivity (Wildman–Crippen MR) is 67.4 cm³/mol. The fourth-order valence-corrected chi connectivity index (χ4v) is 1.78. The van der Waals surface area contributed by atoms with E-state index in [1.54, 1.807) is 11.0 Å². The number of rotatable bonds is 4. The van der Waals surface area contributed by atoms with Crippen LogP contribution in [0.1, 0.15) is 29.9 Å². The van der Waals surface area contributed by atoms with E-state index in [4.69, 9.17) is 0 Å². The largest absolute Gasteiger partial charge is 0.303 e. The van der Waals surface area contributed by atoms with Gasteiger partial charge in [-0.05, 0) is 19.4 Å². The quantitative estimate of drug-likeness (QED) is 0.873. The molecule has 90 valence electrons. The van der Waals surface area contributed by atoms with Gasteiger partial charge in [-0.15, -0.1) is 0 Å². The molecule has 1 aromatic heterocycles. The summed E-state index contributed by atoms with van der Waals surface area (Å²) >= 11 is 0. The van der Waals surface area contributed by atoms with Crippen molar-refractivity contribution in [2.24, 2.45) is 7.05 Å². The second-order valence-corrected chi connectivity index (χ2v) is 4.32. The maximum absolute atomic E-state index is 4.19. The van der Waals surface area contributed by atoms with Crippen LogP contribution in [-0.2, 0) is 13.6 Å². The van der Waals surface area contributed by atoms with Crippen molar-refractivity contribution >= 4 is 0 Å². The Hall–Kier alpha value is -1.68. The molecule has 4 heteroatoms. The third-order valence-electron chi connectivity index (χ3n) is 2.91. The highest BCUT2D eigenvalue weighted by Gasteiger charge is 2.06. The average molecular weight is 230 g/mol. The molecule has 0 saturated carbocycles. The molecule has 0 aliphatic carbocycles. The molecule has 2 aromatic rings. The van der Waals surface area contributed by atoms with E-state index in [9.17, 15) is 0 Å². The molecular weight excluding hydrogens is 212 g/mol. The van der Waals surface area contributed by atoms with Gasteiger partial charge in [0.25, 0.3) is 0 Å². The lowest BCUT2D eigenvalue weighted by atomic mass is 10.1. The molecule has 0 amide bonds. The Morgan fingerprint density at radius 2 is 2.24 bits per heavy atom. The Morgan fingerprint density at radius 3 is 2.88 bits per heavy atom. The maximum Gasteiger partial charge on any atom is 0.140 e. The van der Waals surface area contributed by atoms with E-state index in [0.717, 1.165) is 12.4 Å². The predicted octanol–water partition coefficient (Wildman–Crippen LogP) is 1.97. The molecule has 1 atom stereocenters. The van der Waals surface area contributed by atoms with E-state index in [-0.39, 0.29) is 0 Å². The van der Waals surface area contributed by atoms with Crippen molar-refractivity contribution in [3.8, 4) is 0 Å². The first-order valence-electron chi connectivity index (χ1n) is 5.79. The highest BCUT2D eigenvalue weighted by atomic mass is 15.3. The zero-order valence-electron chi connectivity index (χ0n) is 10.5. The second kappa shape index (κ2) is 5.10. The standard InChI is InChI=1S/C13H18N4/c1-10-5-4-6-12(7-10)11(2)14-8-13-15-9-16-17(13)3/h4-7,9,11,14H,8H2,1-3H3/t11-/m0/s1. The van der Waals surface area contributed by atoms with Gasteiger partial charge in [-0.25, -0.2) is 4.98 Å². The summed E-state index contributed by atoms with van der Waals surface area (Å²) in [6.07, 6.45) is 1.58. The number of nitrogens with one attached hydrogen (secondary N) is 1. The van der Waals surface area contributed by atoms with Gasteiger partial charge in [0, 0.05) is 13.1 Å². The van der Waals surface area contributed by atoms with E-state index < -0.39 is 0 Å². The summed E-state index contributed by atoms with van der Waals surface area (Å²) in [5, 5.41) is 7.49. The van der Waals surface area contributed by atoms with Crippen LogP contribution < -0.4 is 5.32 Å². The van der Waals surface area contributed by atoms with Crippen LogP contribution in [0.4, 0.5) is 0 Å². The van der Waals surface area contributed by atoms with Crippen LogP contribution in [0.2, 0.25) is 0 Å². The van der Waals surface area contributed by atoms with Gasteiger partial charge < -0.3 is 5.32 Å². The summed E-state index contributed by atoms with van der Waals surface area (Å²) < 4.78 is 1.79. The van der Waals surface area contributed by atoms with Crippen molar-refractivity contribution in [2.45, 2.75) is 26.4 Å². The van der Waals surface area contributed by atoms with Crippen molar-refractivity contribution in [1.29, 1.82) is 0 Å². The summed E-state index contributed by atoms with van der Waals surface area (Å²) in [6, 6.07) is 8.85. The van der Waals surface area contributed by atoms with E-state index in [1.165, 1.54) is 11.1 Å². The fourth-order valence-electron chi connectivity index (χ4n) is 1.78. The Labute approximate surface area is 102 Å². The molecule has 0 bridgehead atoms. The zero-order chi connectivity index (χ0) is 12.3. The van der Waals surface area contributed by atoms with Gasteiger partial charge in [-0.2, -0.15) is 5.10 Å². The van der Waals surface area contributed by atoms with Crippen molar-refractivity contribution in [3.05, 3.63) is 47.5 Å². The zero-order valence-corrected chi connectivity index (χ0v) is 10.5. The molecule has 0 fully saturated rings.